The monoisotopic (exact) mass is 506 g/mol. The molecule has 1 amide bonds. The van der Waals surface area contributed by atoms with Crippen LogP contribution in [0.2, 0.25) is 5.15 Å². The van der Waals surface area contributed by atoms with Crippen molar-refractivity contribution in [2.24, 2.45) is 11.8 Å². The van der Waals surface area contributed by atoms with E-state index in [1.165, 1.54) is 37.7 Å². The number of fused-ring (bicyclic) bond motifs is 2. The van der Waals surface area contributed by atoms with Crippen LogP contribution in [0.4, 0.5) is 0 Å². The van der Waals surface area contributed by atoms with Crippen molar-refractivity contribution in [3.63, 3.8) is 0 Å². The van der Waals surface area contributed by atoms with Crippen LogP contribution in [0, 0.1) is 11.8 Å². The van der Waals surface area contributed by atoms with Crippen molar-refractivity contribution in [1.82, 2.24) is 10.2 Å². The molecule has 6 heteroatoms. The van der Waals surface area contributed by atoms with Gasteiger partial charge in [-0.15, -0.1) is 0 Å². The van der Waals surface area contributed by atoms with E-state index in [2.05, 4.69) is 45.5 Å². The summed E-state index contributed by atoms with van der Waals surface area (Å²) in [4.78, 5) is 32.7. The Balaban J connectivity index is 1.32. The lowest BCUT2D eigenvalue weighted by Gasteiger charge is -2.47. The Morgan fingerprint density at radius 1 is 1.06 bits per heavy atom. The van der Waals surface area contributed by atoms with Gasteiger partial charge in [-0.2, -0.15) is 4.98 Å². The zero-order chi connectivity index (χ0) is 24.7. The van der Waals surface area contributed by atoms with Crippen LogP contribution >= 0.6 is 11.6 Å². The number of benzene rings is 1. The number of aromatic nitrogens is 1. The quantitative estimate of drug-likeness (QED) is 0.599. The summed E-state index contributed by atoms with van der Waals surface area (Å²) in [5.74, 6) is 1.34. The number of Topliss-reactive ketones (excluding diaryl/α,β-unsaturated/α-hetero) is 1. The van der Waals surface area contributed by atoms with Gasteiger partial charge in [0.1, 0.15) is 0 Å². The van der Waals surface area contributed by atoms with Crippen LogP contribution in [0.25, 0.3) is 0 Å². The van der Waals surface area contributed by atoms with Gasteiger partial charge < -0.3 is 10.2 Å². The molecule has 3 heterocycles. The lowest BCUT2D eigenvalue weighted by Crippen LogP contribution is -2.55. The van der Waals surface area contributed by atoms with Crippen molar-refractivity contribution in [3.8, 4) is 0 Å². The lowest BCUT2D eigenvalue weighted by atomic mass is 9.64. The van der Waals surface area contributed by atoms with Crippen LogP contribution in [0.5, 0.6) is 0 Å². The van der Waals surface area contributed by atoms with Crippen LogP contribution in [-0.4, -0.2) is 42.3 Å². The highest BCUT2D eigenvalue weighted by molar-refractivity contribution is 6.28. The molecule has 5 nitrogen and oxygen atoms in total. The summed E-state index contributed by atoms with van der Waals surface area (Å²) in [7, 11) is 0. The van der Waals surface area contributed by atoms with E-state index in [9.17, 15) is 9.59 Å². The maximum absolute atomic E-state index is 14.5. The average Bonchev–Trinajstić information content (AvgIpc) is 3.35. The minimum atomic E-state index is -0.352. The zero-order valence-electron chi connectivity index (χ0n) is 21.0. The summed E-state index contributed by atoms with van der Waals surface area (Å²) in [5.41, 5.74) is 2.63. The molecule has 3 fully saturated rings. The van der Waals surface area contributed by atoms with E-state index in [0.29, 0.717) is 48.1 Å². The fraction of sp³-hybridized carbons (Fsp3) is 0.567. The predicted octanol–water partition coefficient (Wildman–Crippen LogP) is 4.94. The standard InChI is InChI=1S/C30H36ClN3O2/c31-27-12-11-23-28(33-27)26(35)13-15-30(23)19-32-18-24(30)29(36)34-16-14-22(20-7-3-1-4-8-20)17-25(34)21-9-5-2-6-10-21/h1,3-4,7-8,11-12,21-22,24-25,32H,2,5-6,9-10,13-19H2/p+1/t22-,24+,25+,30+/m1/s1. The Morgan fingerprint density at radius 3 is 2.67 bits per heavy atom. The Hall–Kier alpha value is -2.24. The van der Waals surface area contributed by atoms with Gasteiger partial charge in [-0.3, -0.25) is 9.59 Å². The number of pyridine rings is 1. The average molecular weight is 507 g/mol. The van der Waals surface area contributed by atoms with Crippen molar-refractivity contribution in [1.29, 1.82) is 0 Å². The molecule has 4 aliphatic rings. The second kappa shape index (κ2) is 9.90. The van der Waals surface area contributed by atoms with Crippen LogP contribution in [-0.2, 0) is 10.2 Å². The number of hydrogen-bond acceptors (Lipinski definition) is 3. The number of H-pyrrole nitrogens is 1. The molecule has 0 bridgehead atoms. The Bertz CT molecular complexity index is 1130. The number of carbonyl (C=O) groups is 2. The fourth-order valence-corrected chi connectivity index (χ4v) is 7.95. The highest BCUT2D eigenvalue weighted by Gasteiger charge is 2.55. The van der Waals surface area contributed by atoms with Crippen LogP contribution in [0.3, 0.4) is 0 Å². The molecule has 36 heavy (non-hydrogen) atoms. The maximum Gasteiger partial charge on any atom is 0.273 e. The van der Waals surface area contributed by atoms with E-state index >= 15 is 0 Å². The number of halogens is 1. The van der Waals surface area contributed by atoms with Gasteiger partial charge in [0.05, 0.1) is 5.92 Å². The minimum Gasteiger partial charge on any atom is -0.339 e. The molecule has 2 N–H and O–H groups in total. The number of nitrogens with one attached hydrogen (secondary N) is 2. The first-order valence-corrected chi connectivity index (χ1v) is 14.3. The number of ketones is 1. The first kappa shape index (κ1) is 24.1. The van der Waals surface area contributed by atoms with Gasteiger partial charge in [0.2, 0.25) is 11.7 Å². The van der Waals surface area contributed by atoms with Gasteiger partial charge in [0.15, 0.2) is 0 Å². The molecule has 1 spiro atoms. The number of hydrogen-bond donors (Lipinski definition) is 1. The molecule has 2 aliphatic carbocycles. The molecule has 2 saturated heterocycles. The summed E-state index contributed by atoms with van der Waals surface area (Å²) in [6.45, 7) is 2.23. The second-order valence-corrected chi connectivity index (χ2v) is 11.9. The Labute approximate surface area is 219 Å². The topological polar surface area (TPSA) is 63.6 Å². The third-order valence-electron chi connectivity index (χ3n) is 9.67. The van der Waals surface area contributed by atoms with E-state index in [1.54, 1.807) is 0 Å². The molecule has 4 atom stereocenters. The van der Waals surface area contributed by atoms with Gasteiger partial charge in [-0.05, 0) is 67.2 Å². The molecule has 1 aromatic heterocycles. The van der Waals surface area contributed by atoms with Crippen molar-refractivity contribution in [2.75, 3.05) is 19.6 Å². The molecule has 0 unspecified atom stereocenters. The van der Waals surface area contributed by atoms with Gasteiger partial charge in [-0.25, -0.2) is 0 Å². The predicted molar refractivity (Wildman–Crippen MR) is 140 cm³/mol. The summed E-state index contributed by atoms with van der Waals surface area (Å²) >= 11 is 6.23. The van der Waals surface area contributed by atoms with E-state index in [0.717, 1.165) is 31.5 Å². The molecule has 6 rings (SSSR count). The first-order valence-electron chi connectivity index (χ1n) is 13.9. The van der Waals surface area contributed by atoms with Gasteiger partial charge >= 0.3 is 0 Å². The van der Waals surface area contributed by atoms with E-state index in [4.69, 9.17) is 11.6 Å². The first-order chi connectivity index (χ1) is 17.6. The van der Waals surface area contributed by atoms with Crippen molar-refractivity contribution >= 4 is 23.3 Å². The third kappa shape index (κ3) is 4.18. The number of piperidine rings is 1. The van der Waals surface area contributed by atoms with Crippen molar-refractivity contribution in [2.45, 2.75) is 75.2 Å². The second-order valence-electron chi connectivity index (χ2n) is 11.5. The van der Waals surface area contributed by atoms with Crippen LogP contribution in [0.1, 0.15) is 85.3 Å². The van der Waals surface area contributed by atoms with Gasteiger partial charge in [-0.1, -0.05) is 49.6 Å². The number of likely N-dealkylation sites (tertiary alicyclic amines) is 1. The van der Waals surface area contributed by atoms with Crippen molar-refractivity contribution in [3.05, 3.63) is 64.4 Å². The molecule has 1 aromatic carbocycles. The fourth-order valence-electron chi connectivity index (χ4n) is 7.79. The summed E-state index contributed by atoms with van der Waals surface area (Å²) < 4.78 is 0. The molecular formula is C30H37ClN3O2+. The Kier molecular flexibility index (Phi) is 6.64. The molecule has 0 radical (unpaired) electrons. The van der Waals surface area contributed by atoms with E-state index < -0.39 is 0 Å². The largest absolute Gasteiger partial charge is 0.339 e. The number of amides is 1. The van der Waals surface area contributed by atoms with E-state index in [-0.39, 0.29) is 23.0 Å². The highest BCUT2D eigenvalue weighted by atomic mass is 35.5. The molecule has 2 aliphatic heterocycles. The normalized spacial score (nSPS) is 31.0. The molecule has 1 saturated carbocycles. The third-order valence-corrected chi connectivity index (χ3v) is 9.89. The highest BCUT2D eigenvalue weighted by Crippen LogP contribution is 2.47. The Morgan fingerprint density at radius 2 is 1.86 bits per heavy atom. The van der Waals surface area contributed by atoms with Crippen LogP contribution in [0.15, 0.2) is 42.5 Å². The summed E-state index contributed by atoms with van der Waals surface area (Å²) in [5, 5.41) is 4.01. The summed E-state index contributed by atoms with van der Waals surface area (Å²) in [6.07, 6.45) is 9.59. The molecule has 190 valence electrons. The molecular weight excluding hydrogens is 470 g/mol. The van der Waals surface area contributed by atoms with Crippen LogP contribution < -0.4 is 10.3 Å². The SMILES string of the molecule is O=C1CC[C@]2(CNC[C@H]2C(=O)N2CC[C@@H](c3ccccc3)C[C@H]2C2CCCCC2)c2ccc(Cl)[nH+]c21. The number of rotatable bonds is 3. The number of aromatic amines is 1. The van der Waals surface area contributed by atoms with E-state index in [1.807, 2.05) is 12.1 Å². The molecule has 2 aromatic rings. The van der Waals surface area contributed by atoms with Crippen molar-refractivity contribution < 1.29 is 14.6 Å². The number of nitrogens with zero attached hydrogens (tertiary/aromatic N) is 1. The van der Waals surface area contributed by atoms with Gasteiger partial charge in [0.25, 0.3) is 10.8 Å². The van der Waals surface area contributed by atoms with Gasteiger partial charge in [0, 0.05) is 49.1 Å². The smallest absolute Gasteiger partial charge is 0.273 e. The minimum absolute atomic E-state index is 0.0972. The zero-order valence-corrected chi connectivity index (χ0v) is 21.7. The lowest BCUT2D eigenvalue weighted by molar-refractivity contribution is -0.381. The number of carbonyl (C=O) groups excluding carboxylic acids is 2. The maximum atomic E-state index is 14.5. The summed E-state index contributed by atoms with van der Waals surface area (Å²) in [6, 6.07) is 15.0.